The quantitative estimate of drug-likeness (QED) is 0.242. The highest BCUT2D eigenvalue weighted by Crippen LogP contribution is 2.38. The number of methoxy groups -OCH3 is 2. The number of aromatic nitrogens is 1. The zero-order valence-corrected chi connectivity index (χ0v) is 21.2. The maximum atomic E-state index is 13.2. The molecule has 0 aliphatic rings. The third-order valence-corrected chi connectivity index (χ3v) is 6.34. The number of aryl methyl sites for hydroxylation is 1. The minimum Gasteiger partial charge on any atom is -0.493 e. The van der Waals surface area contributed by atoms with Gasteiger partial charge in [0.2, 0.25) is 0 Å². The first-order chi connectivity index (χ1) is 18.7. The number of pyridine rings is 1. The van der Waals surface area contributed by atoms with Crippen LogP contribution < -0.4 is 19.5 Å². The molecule has 0 fully saturated rings. The van der Waals surface area contributed by atoms with Crippen LogP contribution >= 0.6 is 0 Å². The molecule has 0 aliphatic heterocycles. The number of anilines is 1. The second-order valence-corrected chi connectivity index (χ2v) is 8.81. The summed E-state index contributed by atoms with van der Waals surface area (Å²) in [5, 5.41) is 4.69. The molecule has 9 heteroatoms. The van der Waals surface area contributed by atoms with Crippen molar-refractivity contribution in [1.29, 1.82) is 0 Å². The fraction of sp³-hybridized carbons (Fsp3) is 0.133. The summed E-state index contributed by atoms with van der Waals surface area (Å²) in [4.78, 5) is 17.5. The van der Waals surface area contributed by atoms with Gasteiger partial charge >= 0.3 is 6.18 Å². The Bertz CT molecular complexity index is 1720. The van der Waals surface area contributed by atoms with Crippen LogP contribution in [0.15, 0.2) is 79.0 Å². The van der Waals surface area contributed by atoms with Crippen LogP contribution in [0, 0.1) is 6.92 Å². The van der Waals surface area contributed by atoms with E-state index in [2.05, 4.69) is 10.3 Å². The van der Waals surface area contributed by atoms with Gasteiger partial charge in [0.15, 0.2) is 11.5 Å². The number of nitrogens with one attached hydrogen (secondary N) is 1. The van der Waals surface area contributed by atoms with Crippen LogP contribution in [0.1, 0.15) is 21.5 Å². The Balaban J connectivity index is 1.46. The Labute approximate surface area is 222 Å². The number of hydrogen-bond donors (Lipinski definition) is 1. The highest BCUT2D eigenvalue weighted by Gasteiger charge is 2.31. The number of amides is 1. The number of carbonyl (C=O) groups excluding carboxylic acids is 1. The average Bonchev–Trinajstić information content (AvgIpc) is 2.92. The van der Waals surface area contributed by atoms with Gasteiger partial charge in [-0.3, -0.25) is 9.78 Å². The van der Waals surface area contributed by atoms with E-state index in [1.807, 2.05) is 6.07 Å². The highest BCUT2D eigenvalue weighted by atomic mass is 19.4. The number of halogens is 3. The van der Waals surface area contributed by atoms with E-state index in [0.717, 1.165) is 22.9 Å². The molecular weight excluding hydrogens is 509 g/mol. The van der Waals surface area contributed by atoms with Crippen LogP contribution in [0.4, 0.5) is 18.9 Å². The van der Waals surface area contributed by atoms with Gasteiger partial charge in [-0.1, -0.05) is 18.2 Å². The van der Waals surface area contributed by atoms with Crippen molar-refractivity contribution in [3.05, 3.63) is 95.7 Å². The lowest BCUT2D eigenvalue weighted by Gasteiger charge is -2.14. The number of carbonyl (C=O) groups is 1. The molecule has 0 saturated heterocycles. The van der Waals surface area contributed by atoms with E-state index in [0.29, 0.717) is 45.0 Å². The van der Waals surface area contributed by atoms with E-state index in [1.54, 1.807) is 75.9 Å². The summed E-state index contributed by atoms with van der Waals surface area (Å²) < 4.78 is 56.5. The van der Waals surface area contributed by atoms with Crippen LogP contribution in [-0.2, 0) is 6.18 Å². The van der Waals surface area contributed by atoms with Crippen LogP contribution in [0.3, 0.4) is 0 Å². The third kappa shape index (κ3) is 5.16. The number of alkyl halides is 3. The molecule has 0 radical (unpaired) electrons. The van der Waals surface area contributed by atoms with Crippen molar-refractivity contribution >= 4 is 33.3 Å². The first-order valence-corrected chi connectivity index (χ1v) is 11.9. The average molecular weight is 533 g/mol. The van der Waals surface area contributed by atoms with E-state index in [9.17, 15) is 18.0 Å². The standard InChI is InChI=1S/C30H23F3N2O4/c1-17-7-8-19(30(31,32)33)14-24(17)35-29(36)22-6-4-5-18-13-20(9-10-21(18)22)39-26-11-12-34-25-16-28(38-3)27(37-2)15-23(25)26/h4-16H,1-3H3,(H,35,36). The maximum Gasteiger partial charge on any atom is 0.416 e. The van der Waals surface area contributed by atoms with Crippen LogP contribution in [-0.4, -0.2) is 25.1 Å². The summed E-state index contributed by atoms with van der Waals surface area (Å²) in [6.45, 7) is 1.64. The summed E-state index contributed by atoms with van der Waals surface area (Å²) >= 11 is 0. The highest BCUT2D eigenvalue weighted by molar-refractivity contribution is 6.13. The lowest BCUT2D eigenvalue weighted by molar-refractivity contribution is -0.137. The molecule has 0 unspecified atom stereocenters. The van der Waals surface area contributed by atoms with E-state index < -0.39 is 17.6 Å². The minimum atomic E-state index is -4.51. The van der Waals surface area contributed by atoms with Crippen molar-refractivity contribution in [3.8, 4) is 23.0 Å². The van der Waals surface area contributed by atoms with Crippen molar-refractivity contribution in [3.63, 3.8) is 0 Å². The van der Waals surface area contributed by atoms with Gasteiger partial charge in [0.1, 0.15) is 11.5 Å². The zero-order valence-electron chi connectivity index (χ0n) is 21.2. The summed E-state index contributed by atoms with van der Waals surface area (Å²) in [6.07, 6.45) is -2.89. The number of hydrogen-bond acceptors (Lipinski definition) is 5. The van der Waals surface area contributed by atoms with E-state index in [4.69, 9.17) is 14.2 Å². The first kappa shape index (κ1) is 25.8. The molecule has 4 aromatic carbocycles. The SMILES string of the molecule is COc1cc2nccc(Oc3ccc4c(C(=O)Nc5cc(C(F)(F)F)ccc5C)cccc4c3)c2cc1OC. The Morgan fingerprint density at radius 1 is 0.846 bits per heavy atom. The van der Waals surface area contributed by atoms with E-state index >= 15 is 0 Å². The van der Waals surface area contributed by atoms with Gasteiger partial charge in [0.25, 0.3) is 5.91 Å². The molecule has 0 bridgehead atoms. The molecule has 0 saturated carbocycles. The fourth-order valence-electron chi connectivity index (χ4n) is 4.31. The first-order valence-electron chi connectivity index (χ1n) is 11.9. The largest absolute Gasteiger partial charge is 0.493 e. The molecule has 6 nitrogen and oxygen atoms in total. The summed E-state index contributed by atoms with van der Waals surface area (Å²) in [5.74, 6) is 1.64. The molecule has 1 amide bonds. The predicted molar refractivity (Wildman–Crippen MR) is 143 cm³/mol. The van der Waals surface area contributed by atoms with E-state index in [-0.39, 0.29) is 5.69 Å². The number of benzene rings is 4. The molecule has 1 N–H and O–H groups in total. The van der Waals surface area contributed by atoms with Crippen molar-refractivity contribution in [1.82, 2.24) is 4.98 Å². The van der Waals surface area contributed by atoms with Crippen molar-refractivity contribution in [2.24, 2.45) is 0 Å². The van der Waals surface area contributed by atoms with Crippen molar-refractivity contribution in [2.45, 2.75) is 13.1 Å². The van der Waals surface area contributed by atoms with Gasteiger partial charge in [-0.05, 0) is 71.8 Å². The number of ether oxygens (including phenoxy) is 3. The summed E-state index contributed by atoms with van der Waals surface area (Å²) in [7, 11) is 3.10. The Hall–Kier alpha value is -4.79. The molecule has 5 aromatic rings. The summed E-state index contributed by atoms with van der Waals surface area (Å²) in [5.41, 5.74) is 0.772. The van der Waals surface area contributed by atoms with Gasteiger partial charge in [-0.15, -0.1) is 0 Å². The van der Waals surface area contributed by atoms with Gasteiger partial charge in [-0.25, -0.2) is 0 Å². The fourth-order valence-corrected chi connectivity index (χ4v) is 4.31. The molecule has 198 valence electrons. The van der Waals surface area contributed by atoms with Gasteiger partial charge < -0.3 is 19.5 Å². The second kappa shape index (κ2) is 10.2. The number of fused-ring (bicyclic) bond motifs is 2. The lowest BCUT2D eigenvalue weighted by atomic mass is 10.0. The van der Waals surface area contributed by atoms with Crippen LogP contribution in [0.2, 0.25) is 0 Å². The normalized spacial score (nSPS) is 11.4. The van der Waals surface area contributed by atoms with Crippen molar-refractivity contribution in [2.75, 3.05) is 19.5 Å². The lowest BCUT2D eigenvalue weighted by Crippen LogP contribution is -2.14. The minimum absolute atomic E-state index is 0.100. The van der Waals surface area contributed by atoms with Gasteiger partial charge in [-0.2, -0.15) is 13.2 Å². The molecule has 39 heavy (non-hydrogen) atoms. The Kier molecular flexibility index (Phi) is 6.74. The van der Waals surface area contributed by atoms with Crippen LogP contribution in [0.25, 0.3) is 21.7 Å². The maximum absolute atomic E-state index is 13.2. The van der Waals surface area contributed by atoms with E-state index in [1.165, 1.54) is 6.07 Å². The van der Waals surface area contributed by atoms with Crippen LogP contribution in [0.5, 0.6) is 23.0 Å². The topological polar surface area (TPSA) is 69.7 Å². The molecule has 0 atom stereocenters. The summed E-state index contributed by atoms with van der Waals surface area (Å²) in [6, 6.07) is 19.0. The van der Waals surface area contributed by atoms with Crippen molar-refractivity contribution < 1.29 is 32.2 Å². The number of nitrogens with zero attached hydrogens (tertiary/aromatic N) is 1. The molecule has 1 aromatic heterocycles. The Morgan fingerprint density at radius 3 is 2.36 bits per heavy atom. The Morgan fingerprint density at radius 2 is 1.62 bits per heavy atom. The smallest absolute Gasteiger partial charge is 0.416 e. The molecule has 0 aliphatic carbocycles. The molecular formula is C30H23F3N2O4. The molecule has 1 heterocycles. The molecule has 0 spiro atoms. The zero-order chi connectivity index (χ0) is 27.7. The molecule has 5 rings (SSSR count). The predicted octanol–water partition coefficient (Wildman–Crippen LogP) is 7.78. The number of rotatable bonds is 6. The van der Waals surface area contributed by atoms with Gasteiger partial charge in [0, 0.05) is 28.9 Å². The third-order valence-electron chi connectivity index (χ3n) is 6.34. The monoisotopic (exact) mass is 532 g/mol. The van der Waals surface area contributed by atoms with Gasteiger partial charge in [0.05, 0.1) is 25.3 Å². The second-order valence-electron chi connectivity index (χ2n) is 8.81.